The minimum atomic E-state index is 0.417. The van der Waals surface area contributed by atoms with Gasteiger partial charge in [-0.3, -0.25) is 0 Å². The van der Waals surface area contributed by atoms with E-state index in [9.17, 15) is 0 Å². The maximum absolute atomic E-state index is 5.65. The zero-order chi connectivity index (χ0) is 11.1. The summed E-state index contributed by atoms with van der Waals surface area (Å²) in [6.45, 7) is 6.27. The van der Waals surface area contributed by atoms with Crippen molar-refractivity contribution in [3.8, 4) is 0 Å². The lowest BCUT2D eigenvalue weighted by molar-refractivity contribution is 0.0185. The van der Waals surface area contributed by atoms with E-state index in [2.05, 4.69) is 36.3 Å². The van der Waals surface area contributed by atoms with Gasteiger partial charge in [-0.2, -0.15) is 0 Å². The van der Waals surface area contributed by atoms with E-state index in [-0.39, 0.29) is 0 Å². The van der Waals surface area contributed by atoms with Crippen LogP contribution in [0.2, 0.25) is 0 Å². The molecule has 0 amide bonds. The van der Waals surface area contributed by atoms with E-state index < -0.39 is 0 Å². The first-order valence-corrected chi connectivity index (χ1v) is 5.84. The molecule has 1 rings (SSSR count). The summed E-state index contributed by atoms with van der Waals surface area (Å²) in [5, 5.41) is 3.36. The van der Waals surface area contributed by atoms with Gasteiger partial charge >= 0.3 is 0 Å². The van der Waals surface area contributed by atoms with Crippen LogP contribution in [0, 0.1) is 0 Å². The third-order valence-electron chi connectivity index (χ3n) is 2.77. The molecule has 1 N–H and O–H groups in total. The lowest BCUT2D eigenvalue weighted by Gasteiger charge is -2.26. The van der Waals surface area contributed by atoms with Crippen molar-refractivity contribution in [2.45, 2.75) is 12.5 Å². The normalized spacial score (nSPS) is 22.6. The Kier molecular flexibility index (Phi) is 6.17. The van der Waals surface area contributed by atoms with Crippen molar-refractivity contribution in [1.29, 1.82) is 0 Å². The predicted molar refractivity (Wildman–Crippen MR) is 63.3 cm³/mol. The average Bonchev–Trinajstić information content (AvgIpc) is 2.25. The monoisotopic (exact) mass is 215 g/mol. The maximum Gasteiger partial charge on any atom is 0.0712 e. The average molecular weight is 215 g/mol. The van der Waals surface area contributed by atoms with Gasteiger partial charge in [-0.25, -0.2) is 0 Å². The third kappa shape index (κ3) is 6.10. The van der Waals surface area contributed by atoms with Crippen LogP contribution in [0.4, 0.5) is 0 Å². The SMILES string of the molecule is CN(C)CCN(C)CCC1CNCCO1. The van der Waals surface area contributed by atoms with Crippen molar-refractivity contribution in [2.24, 2.45) is 0 Å². The minimum absolute atomic E-state index is 0.417. The molecular formula is C11H25N3O. The van der Waals surface area contributed by atoms with Crippen molar-refractivity contribution < 1.29 is 4.74 Å². The third-order valence-corrected chi connectivity index (χ3v) is 2.77. The van der Waals surface area contributed by atoms with Gasteiger partial charge in [-0.1, -0.05) is 0 Å². The molecule has 0 saturated carbocycles. The van der Waals surface area contributed by atoms with Gasteiger partial charge in [0.1, 0.15) is 0 Å². The zero-order valence-corrected chi connectivity index (χ0v) is 10.3. The van der Waals surface area contributed by atoms with Gasteiger partial charge in [0.05, 0.1) is 12.7 Å². The number of nitrogens with zero attached hydrogens (tertiary/aromatic N) is 2. The second-order valence-corrected chi connectivity index (χ2v) is 4.59. The summed E-state index contributed by atoms with van der Waals surface area (Å²) in [4.78, 5) is 4.59. The number of nitrogens with one attached hydrogen (secondary N) is 1. The molecule has 1 aliphatic rings. The largest absolute Gasteiger partial charge is 0.376 e. The molecule has 1 heterocycles. The van der Waals surface area contributed by atoms with Crippen molar-refractivity contribution >= 4 is 0 Å². The van der Waals surface area contributed by atoms with Gasteiger partial charge in [0.25, 0.3) is 0 Å². The molecule has 0 aliphatic carbocycles. The fourth-order valence-electron chi connectivity index (χ4n) is 1.65. The lowest BCUT2D eigenvalue weighted by atomic mass is 10.2. The van der Waals surface area contributed by atoms with Crippen LogP contribution in [0.3, 0.4) is 0 Å². The van der Waals surface area contributed by atoms with Crippen LogP contribution in [0.5, 0.6) is 0 Å². The first-order valence-electron chi connectivity index (χ1n) is 5.84. The summed E-state index contributed by atoms with van der Waals surface area (Å²) in [6, 6.07) is 0. The van der Waals surface area contributed by atoms with E-state index in [1.54, 1.807) is 0 Å². The molecular weight excluding hydrogens is 190 g/mol. The molecule has 90 valence electrons. The Morgan fingerprint density at radius 2 is 2.00 bits per heavy atom. The molecule has 1 fully saturated rings. The van der Waals surface area contributed by atoms with E-state index >= 15 is 0 Å². The van der Waals surface area contributed by atoms with E-state index in [0.717, 1.165) is 45.8 Å². The van der Waals surface area contributed by atoms with E-state index in [0.29, 0.717) is 6.10 Å². The molecule has 4 nitrogen and oxygen atoms in total. The molecule has 0 bridgehead atoms. The Morgan fingerprint density at radius 1 is 1.20 bits per heavy atom. The molecule has 0 aromatic carbocycles. The fraction of sp³-hybridized carbons (Fsp3) is 1.00. The van der Waals surface area contributed by atoms with Crippen LogP contribution in [-0.4, -0.2) is 76.4 Å². The van der Waals surface area contributed by atoms with Crippen LogP contribution in [0.25, 0.3) is 0 Å². The summed E-state index contributed by atoms with van der Waals surface area (Å²) in [7, 11) is 6.41. The first-order chi connectivity index (χ1) is 7.18. The molecule has 1 atom stereocenters. The number of ether oxygens (including phenoxy) is 1. The summed E-state index contributed by atoms with van der Waals surface area (Å²) < 4.78 is 5.65. The van der Waals surface area contributed by atoms with Crippen molar-refractivity contribution in [3.63, 3.8) is 0 Å². The molecule has 0 spiro atoms. The summed E-state index contributed by atoms with van der Waals surface area (Å²) in [5.74, 6) is 0. The molecule has 1 unspecified atom stereocenters. The predicted octanol–water partition coefficient (Wildman–Crippen LogP) is -0.142. The lowest BCUT2D eigenvalue weighted by Crippen LogP contribution is -2.40. The summed E-state index contributed by atoms with van der Waals surface area (Å²) in [6.07, 6.45) is 1.55. The number of morpholine rings is 1. The highest BCUT2D eigenvalue weighted by molar-refractivity contribution is 4.68. The van der Waals surface area contributed by atoms with E-state index in [1.165, 1.54) is 0 Å². The highest BCUT2D eigenvalue weighted by atomic mass is 16.5. The smallest absolute Gasteiger partial charge is 0.0712 e. The van der Waals surface area contributed by atoms with Gasteiger partial charge in [0.2, 0.25) is 0 Å². The maximum atomic E-state index is 5.65. The van der Waals surface area contributed by atoms with Crippen LogP contribution in [0.1, 0.15) is 6.42 Å². The number of likely N-dealkylation sites (N-methyl/N-ethyl adjacent to an activating group) is 2. The Hall–Kier alpha value is -0.160. The van der Waals surface area contributed by atoms with E-state index in [1.807, 2.05) is 0 Å². The number of hydrogen-bond donors (Lipinski definition) is 1. The molecule has 0 aromatic rings. The first kappa shape index (κ1) is 12.9. The van der Waals surface area contributed by atoms with Crippen molar-refractivity contribution in [3.05, 3.63) is 0 Å². The molecule has 0 aromatic heterocycles. The van der Waals surface area contributed by atoms with Crippen LogP contribution >= 0.6 is 0 Å². The Balaban J connectivity index is 2.02. The molecule has 1 aliphatic heterocycles. The minimum Gasteiger partial charge on any atom is -0.376 e. The summed E-state index contributed by atoms with van der Waals surface area (Å²) >= 11 is 0. The van der Waals surface area contributed by atoms with Gasteiger partial charge in [-0.15, -0.1) is 0 Å². The van der Waals surface area contributed by atoms with Gasteiger partial charge in [0.15, 0.2) is 0 Å². The topological polar surface area (TPSA) is 27.7 Å². The van der Waals surface area contributed by atoms with Gasteiger partial charge in [-0.05, 0) is 27.6 Å². The van der Waals surface area contributed by atoms with Gasteiger partial charge in [0, 0.05) is 32.7 Å². The highest BCUT2D eigenvalue weighted by Crippen LogP contribution is 2.02. The zero-order valence-electron chi connectivity index (χ0n) is 10.3. The Bertz CT molecular complexity index is 158. The van der Waals surface area contributed by atoms with E-state index in [4.69, 9.17) is 4.74 Å². The molecule has 4 heteroatoms. The van der Waals surface area contributed by atoms with Crippen LogP contribution in [-0.2, 0) is 4.74 Å². The Morgan fingerprint density at radius 3 is 2.60 bits per heavy atom. The van der Waals surface area contributed by atoms with Crippen LogP contribution < -0.4 is 5.32 Å². The highest BCUT2D eigenvalue weighted by Gasteiger charge is 2.13. The van der Waals surface area contributed by atoms with Gasteiger partial charge < -0.3 is 19.9 Å². The molecule has 15 heavy (non-hydrogen) atoms. The Labute approximate surface area is 93.6 Å². The number of hydrogen-bond acceptors (Lipinski definition) is 4. The molecule has 0 radical (unpaired) electrons. The number of rotatable bonds is 6. The quantitative estimate of drug-likeness (QED) is 0.667. The summed E-state index contributed by atoms with van der Waals surface area (Å²) in [5.41, 5.74) is 0. The molecule has 1 saturated heterocycles. The van der Waals surface area contributed by atoms with Crippen molar-refractivity contribution in [1.82, 2.24) is 15.1 Å². The van der Waals surface area contributed by atoms with Crippen molar-refractivity contribution in [2.75, 3.05) is 60.5 Å². The standard InChI is InChI=1S/C11H25N3O/c1-13(2)7-8-14(3)6-4-11-10-12-5-9-15-11/h11-12H,4-10H2,1-3H3. The fourth-order valence-corrected chi connectivity index (χ4v) is 1.65. The van der Waals surface area contributed by atoms with Crippen LogP contribution in [0.15, 0.2) is 0 Å². The second-order valence-electron chi connectivity index (χ2n) is 4.59. The second kappa shape index (κ2) is 7.17.